The van der Waals surface area contributed by atoms with Gasteiger partial charge in [0.1, 0.15) is 5.75 Å². The Morgan fingerprint density at radius 3 is 2.00 bits per heavy atom. The molecule has 5 nitrogen and oxygen atoms in total. The molecular weight excluding hydrogens is 224 g/mol. The molecule has 0 radical (unpaired) electrons. The molecule has 1 rings (SSSR count). The lowest BCUT2D eigenvalue weighted by molar-refractivity contribution is 0.232. The molecule has 17 heavy (non-hydrogen) atoms. The fourth-order valence-corrected chi connectivity index (χ4v) is 1.39. The molecule has 0 bridgehead atoms. The highest BCUT2D eigenvalue weighted by Crippen LogP contribution is 2.40. The second-order valence-electron chi connectivity index (χ2n) is 3.29. The van der Waals surface area contributed by atoms with Crippen LogP contribution >= 0.6 is 0 Å². The van der Waals surface area contributed by atoms with Crippen molar-refractivity contribution in [2.45, 2.75) is 6.42 Å². The van der Waals surface area contributed by atoms with Crippen LogP contribution in [0.4, 0.5) is 0 Å². The minimum Gasteiger partial charge on any atom is -0.493 e. The zero-order valence-corrected chi connectivity index (χ0v) is 10.4. The topological polar surface area (TPSA) is 57.2 Å². The van der Waals surface area contributed by atoms with Gasteiger partial charge in [0.25, 0.3) is 0 Å². The molecule has 0 heterocycles. The molecule has 0 saturated carbocycles. The molecule has 0 aliphatic carbocycles. The Bertz CT molecular complexity index is 326. The number of rotatable bonds is 7. The lowest BCUT2D eigenvalue weighted by Gasteiger charge is -2.14. The van der Waals surface area contributed by atoms with E-state index >= 15 is 0 Å². The quantitative estimate of drug-likeness (QED) is 0.734. The Kier molecular flexibility index (Phi) is 5.42. The fraction of sp³-hybridized carbons (Fsp3) is 0.500. The number of benzene rings is 1. The van der Waals surface area contributed by atoms with Crippen molar-refractivity contribution in [1.29, 1.82) is 0 Å². The lowest BCUT2D eigenvalue weighted by Crippen LogP contribution is -2.01. The molecule has 0 fully saturated rings. The van der Waals surface area contributed by atoms with Gasteiger partial charge in [0, 0.05) is 25.2 Å². The second kappa shape index (κ2) is 6.85. The molecule has 1 aromatic carbocycles. The zero-order chi connectivity index (χ0) is 12.7. The van der Waals surface area contributed by atoms with Crippen molar-refractivity contribution in [1.82, 2.24) is 0 Å². The molecule has 96 valence electrons. The normalized spacial score (nSPS) is 9.88. The number of hydrogen-bond donors (Lipinski definition) is 1. The minimum atomic E-state index is 0.102. The summed E-state index contributed by atoms with van der Waals surface area (Å²) >= 11 is 0. The van der Waals surface area contributed by atoms with Gasteiger partial charge in [-0.15, -0.1) is 0 Å². The number of hydrogen-bond acceptors (Lipinski definition) is 5. The summed E-state index contributed by atoms with van der Waals surface area (Å²) in [5, 5.41) is 8.68. The Hall–Kier alpha value is -1.62. The molecule has 0 aromatic heterocycles. The van der Waals surface area contributed by atoms with E-state index in [1.54, 1.807) is 33.5 Å². The van der Waals surface area contributed by atoms with Gasteiger partial charge in [-0.05, 0) is 0 Å². The van der Waals surface area contributed by atoms with Crippen LogP contribution in [-0.2, 0) is 0 Å². The maximum atomic E-state index is 8.68. The van der Waals surface area contributed by atoms with Crippen LogP contribution in [0.1, 0.15) is 6.42 Å². The summed E-state index contributed by atoms with van der Waals surface area (Å²) in [4.78, 5) is 0. The number of methoxy groups -OCH3 is 3. The first-order chi connectivity index (χ1) is 8.26. The van der Waals surface area contributed by atoms with Crippen molar-refractivity contribution in [3.63, 3.8) is 0 Å². The van der Waals surface area contributed by atoms with Crippen molar-refractivity contribution < 1.29 is 24.1 Å². The third-order valence-corrected chi connectivity index (χ3v) is 2.21. The van der Waals surface area contributed by atoms with E-state index in [2.05, 4.69) is 0 Å². The minimum absolute atomic E-state index is 0.102. The van der Waals surface area contributed by atoms with Gasteiger partial charge in [-0.25, -0.2) is 0 Å². The fourth-order valence-electron chi connectivity index (χ4n) is 1.39. The first-order valence-electron chi connectivity index (χ1n) is 5.30. The molecule has 1 aromatic rings. The van der Waals surface area contributed by atoms with E-state index in [4.69, 9.17) is 24.1 Å². The average molecular weight is 242 g/mol. The van der Waals surface area contributed by atoms with Gasteiger partial charge in [-0.2, -0.15) is 0 Å². The van der Waals surface area contributed by atoms with E-state index in [1.807, 2.05) is 0 Å². The standard InChI is InChI=1S/C12H18O5/c1-14-10-7-9(17-6-4-5-13)8-11(15-2)12(10)16-3/h7-8,13H,4-6H2,1-3H3. The van der Waals surface area contributed by atoms with Crippen molar-refractivity contribution in [2.24, 2.45) is 0 Å². The van der Waals surface area contributed by atoms with Gasteiger partial charge in [-0.1, -0.05) is 0 Å². The van der Waals surface area contributed by atoms with E-state index in [1.165, 1.54) is 0 Å². The molecule has 0 saturated heterocycles. The zero-order valence-electron chi connectivity index (χ0n) is 10.4. The smallest absolute Gasteiger partial charge is 0.203 e. The SMILES string of the molecule is COc1cc(OCCCO)cc(OC)c1OC. The predicted molar refractivity (Wildman–Crippen MR) is 63.3 cm³/mol. The van der Waals surface area contributed by atoms with Gasteiger partial charge in [0.15, 0.2) is 11.5 Å². The second-order valence-corrected chi connectivity index (χ2v) is 3.29. The van der Waals surface area contributed by atoms with E-state index in [0.717, 1.165) is 0 Å². The first kappa shape index (κ1) is 13.4. The highest BCUT2D eigenvalue weighted by atomic mass is 16.5. The molecule has 5 heteroatoms. The van der Waals surface area contributed by atoms with E-state index in [9.17, 15) is 0 Å². The number of ether oxygens (including phenoxy) is 4. The highest BCUT2D eigenvalue weighted by molar-refractivity contribution is 5.55. The molecule has 0 amide bonds. The van der Waals surface area contributed by atoms with Crippen LogP contribution in [0.15, 0.2) is 12.1 Å². The summed E-state index contributed by atoms with van der Waals surface area (Å²) < 4.78 is 21.0. The van der Waals surface area contributed by atoms with Gasteiger partial charge in [-0.3, -0.25) is 0 Å². The molecule has 0 aliphatic heterocycles. The van der Waals surface area contributed by atoms with Gasteiger partial charge in [0.05, 0.1) is 27.9 Å². The van der Waals surface area contributed by atoms with Crippen molar-refractivity contribution >= 4 is 0 Å². The highest BCUT2D eigenvalue weighted by Gasteiger charge is 2.13. The molecule has 0 unspecified atom stereocenters. The maximum Gasteiger partial charge on any atom is 0.203 e. The van der Waals surface area contributed by atoms with Crippen LogP contribution in [0.5, 0.6) is 23.0 Å². The molecule has 0 spiro atoms. The predicted octanol–water partition coefficient (Wildman–Crippen LogP) is 1.47. The van der Waals surface area contributed by atoms with Crippen LogP contribution in [0.2, 0.25) is 0 Å². The largest absolute Gasteiger partial charge is 0.493 e. The number of aliphatic hydroxyl groups is 1. The average Bonchev–Trinajstić information content (AvgIpc) is 2.37. The molecule has 0 aliphatic rings. The van der Waals surface area contributed by atoms with E-state index < -0.39 is 0 Å². The summed E-state index contributed by atoms with van der Waals surface area (Å²) in [7, 11) is 4.65. The molecule has 1 N–H and O–H groups in total. The number of aliphatic hydroxyl groups excluding tert-OH is 1. The Morgan fingerprint density at radius 1 is 1.00 bits per heavy atom. The Labute approximate surface area is 101 Å². The van der Waals surface area contributed by atoms with Crippen molar-refractivity contribution in [3.8, 4) is 23.0 Å². The van der Waals surface area contributed by atoms with Crippen LogP contribution in [0.25, 0.3) is 0 Å². The Morgan fingerprint density at radius 2 is 1.59 bits per heavy atom. The van der Waals surface area contributed by atoms with E-state index in [-0.39, 0.29) is 6.61 Å². The van der Waals surface area contributed by atoms with Crippen LogP contribution < -0.4 is 18.9 Å². The van der Waals surface area contributed by atoms with E-state index in [0.29, 0.717) is 36.0 Å². The van der Waals surface area contributed by atoms with Gasteiger partial charge in [0.2, 0.25) is 5.75 Å². The third kappa shape index (κ3) is 3.42. The van der Waals surface area contributed by atoms with Crippen molar-refractivity contribution in [3.05, 3.63) is 12.1 Å². The lowest BCUT2D eigenvalue weighted by atomic mass is 10.2. The summed E-state index contributed by atoms with van der Waals surface area (Å²) in [5.74, 6) is 2.24. The molecular formula is C12H18O5. The van der Waals surface area contributed by atoms with Gasteiger partial charge < -0.3 is 24.1 Å². The third-order valence-electron chi connectivity index (χ3n) is 2.21. The maximum absolute atomic E-state index is 8.68. The Balaban J connectivity index is 2.92. The molecule has 0 atom stereocenters. The summed E-state index contributed by atoms with van der Waals surface area (Å²) in [5.41, 5.74) is 0. The summed E-state index contributed by atoms with van der Waals surface area (Å²) in [6.07, 6.45) is 0.580. The van der Waals surface area contributed by atoms with Crippen molar-refractivity contribution in [2.75, 3.05) is 34.5 Å². The summed E-state index contributed by atoms with van der Waals surface area (Å²) in [6, 6.07) is 3.44. The monoisotopic (exact) mass is 242 g/mol. The van der Waals surface area contributed by atoms with Gasteiger partial charge >= 0.3 is 0 Å². The first-order valence-corrected chi connectivity index (χ1v) is 5.30. The van der Waals surface area contributed by atoms with Crippen LogP contribution in [-0.4, -0.2) is 39.6 Å². The summed E-state index contributed by atoms with van der Waals surface area (Å²) in [6.45, 7) is 0.541. The van der Waals surface area contributed by atoms with Crippen LogP contribution in [0.3, 0.4) is 0 Å². The van der Waals surface area contributed by atoms with Crippen LogP contribution in [0, 0.1) is 0 Å².